The van der Waals surface area contributed by atoms with Crippen molar-refractivity contribution >= 4 is 10.9 Å². The summed E-state index contributed by atoms with van der Waals surface area (Å²) in [6, 6.07) is 5.86. The lowest BCUT2D eigenvalue weighted by molar-refractivity contribution is -0.138. The number of rotatable bonds is 2. The van der Waals surface area contributed by atoms with Crippen LogP contribution in [0, 0.1) is 0 Å². The number of alkyl halides is 3. The first kappa shape index (κ1) is 11.0. The standard InChI is InChI=1S/C11H11F3N2/c12-11(13,14)6-9(15)7-2-1-3-10-8(7)4-5-16-10/h1-5,9,16H,6,15H2/t9-/m0/s1. The summed E-state index contributed by atoms with van der Waals surface area (Å²) in [4.78, 5) is 2.94. The summed E-state index contributed by atoms with van der Waals surface area (Å²) < 4.78 is 36.7. The molecule has 2 nitrogen and oxygen atoms in total. The van der Waals surface area contributed by atoms with Gasteiger partial charge in [-0.05, 0) is 17.7 Å². The molecular weight excluding hydrogens is 217 g/mol. The van der Waals surface area contributed by atoms with E-state index in [0.717, 1.165) is 10.9 Å². The van der Waals surface area contributed by atoms with Crippen LogP contribution in [0.1, 0.15) is 18.0 Å². The second-order valence-corrected chi connectivity index (χ2v) is 3.71. The van der Waals surface area contributed by atoms with E-state index in [1.807, 2.05) is 0 Å². The monoisotopic (exact) mass is 228 g/mol. The van der Waals surface area contributed by atoms with Crippen LogP contribution >= 0.6 is 0 Å². The van der Waals surface area contributed by atoms with Crippen molar-refractivity contribution in [2.75, 3.05) is 0 Å². The van der Waals surface area contributed by atoms with Crippen LogP contribution < -0.4 is 5.73 Å². The number of hydrogen-bond acceptors (Lipinski definition) is 1. The fraction of sp³-hybridized carbons (Fsp3) is 0.273. The smallest absolute Gasteiger partial charge is 0.361 e. The van der Waals surface area contributed by atoms with E-state index < -0.39 is 18.6 Å². The zero-order valence-corrected chi connectivity index (χ0v) is 8.38. The van der Waals surface area contributed by atoms with Crippen LogP contribution in [0.5, 0.6) is 0 Å². The minimum absolute atomic E-state index is 0.524. The fourth-order valence-corrected chi connectivity index (χ4v) is 1.79. The molecule has 1 heterocycles. The number of aromatic nitrogens is 1. The van der Waals surface area contributed by atoms with Gasteiger partial charge < -0.3 is 10.7 Å². The molecule has 0 spiro atoms. The number of benzene rings is 1. The van der Waals surface area contributed by atoms with Gasteiger partial charge in [0, 0.05) is 23.1 Å². The van der Waals surface area contributed by atoms with Gasteiger partial charge in [-0.2, -0.15) is 13.2 Å². The molecular formula is C11H11F3N2. The van der Waals surface area contributed by atoms with E-state index in [1.165, 1.54) is 0 Å². The van der Waals surface area contributed by atoms with Gasteiger partial charge in [-0.15, -0.1) is 0 Å². The highest BCUT2D eigenvalue weighted by molar-refractivity contribution is 5.83. The Hall–Kier alpha value is -1.49. The minimum Gasteiger partial charge on any atom is -0.361 e. The third-order valence-electron chi connectivity index (χ3n) is 2.48. The number of nitrogens with one attached hydrogen (secondary N) is 1. The molecule has 0 amide bonds. The van der Waals surface area contributed by atoms with Crippen LogP contribution in [-0.2, 0) is 0 Å². The number of halogens is 3. The van der Waals surface area contributed by atoms with Gasteiger partial charge in [0.15, 0.2) is 0 Å². The number of aromatic amines is 1. The highest BCUT2D eigenvalue weighted by atomic mass is 19.4. The van der Waals surface area contributed by atoms with Crippen LogP contribution in [0.25, 0.3) is 10.9 Å². The average Bonchev–Trinajstić information content (AvgIpc) is 2.61. The van der Waals surface area contributed by atoms with Crippen molar-refractivity contribution in [1.29, 1.82) is 0 Å². The molecule has 2 rings (SSSR count). The number of fused-ring (bicyclic) bond motifs is 1. The molecule has 0 unspecified atom stereocenters. The summed E-state index contributed by atoms with van der Waals surface area (Å²) in [6.07, 6.45) is -3.55. The van der Waals surface area contributed by atoms with E-state index in [1.54, 1.807) is 30.5 Å². The van der Waals surface area contributed by atoms with Crippen molar-refractivity contribution in [2.24, 2.45) is 5.73 Å². The highest BCUT2D eigenvalue weighted by Gasteiger charge is 2.31. The Morgan fingerprint density at radius 2 is 2.00 bits per heavy atom. The van der Waals surface area contributed by atoms with Crippen molar-refractivity contribution < 1.29 is 13.2 Å². The van der Waals surface area contributed by atoms with Gasteiger partial charge in [-0.1, -0.05) is 12.1 Å². The van der Waals surface area contributed by atoms with Crippen LogP contribution in [0.4, 0.5) is 13.2 Å². The van der Waals surface area contributed by atoms with Crippen molar-refractivity contribution in [1.82, 2.24) is 4.98 Å². The predicted octanol–water partition coefficient (Wildman–Crippen LogP) is 3.12. The van der Waals surface area contributed by atoms with Crippen molar-refractivity contribution in [3.63, 3.8) is 0 Å². The largest absolute Gasteiger partial charge is 0.390 e. The van der Waals surface area contributed by atoms with E-state index >= 15 is 0 Å². The van der Waals surface area contributed by atoms with Gasteiger partial charge in [-0.3, -0.25) is 0 Å². The molecule has 0 radical (unpaired) electrons. The van der Waals surface area contributed by atoms with E-state index in [0.29, 0.717) is 5.56 Å². The Bertz CT molecular complexity index is 487. The zero-order chi connectivity index (χ0) is 11.8. The quantitative estimate of drug-likeness (QED) is 0.814. The van der Waals surface area contributed by atoms with Crippen LogP contribution in [-0.4, -0.2) is 11.2 Å². The molecule has 0 bridgehead atoms. The normalized spacial score (nSPS) is 14.2. The number of nitrogens with two attached hydrogens (primary N) is 1. The lowest BCUT2D eigenvalue weighted by Gasteiger charge is -2.15. The molecule has 0 aliphatic rings. The lowest BCUT2D eigenvalue weighted by Crippen LogP contribution is -2.20. The molecule has 1 atom stereocenters. The van der Waals surface area contributed by atoms with Gasteiger partial charge in [0.25, 0.3) is 0 Å². The summed E-state index contributed by atoms with van der Waals surface area (Å²) in [5, 5.41) is 0.749. The Morgan fingerprint density at radius 3 is 2.69 bits per heavy atom. The molecule has 0 saturated carbocycles. The Labute approximate surface area is 90.3 Å². The van der Waals surface area contributed by atoms with E-state index in [4.69, 9.17) is 5.73 Å². The first-order valence-corrected chi connectivity index (χ1v) is 4.86. The van der Waals surface area contributed by atoms with Crippen LogP contribution in [0.2, 0.25) is 0 Å². The maximum atomic E-state index is 12.2. The first-order chi connectivity index (χ1) is 7.47. The maximum Gasteiger partial charge on any atom is 0.390 e. The van der Waals surface area contributed by atoms with E-state index in [9.17, 15) is 13.2 Å². The van der Waals surface area contributed by atoms with Gasteiger partial charge in [0.05, 0.1) is 6.42 Å². The highest BCUT2D eigenvalue weighted by Crippen LogP contribution is 2.31. The Kier molecular flexibility index (Phi) is 2.63. The van der Waals surface area contributed by atoms with Crippen molar-refractivity contribution in [3.8, 4) is 0 Å². The van der Waals surface area contributed by atoms with Crippen molar-refractivity contribution in [3.05, 3.63) is 36.0 Å². The Morgan fingerprint density at radius 1 is 1.25 bits per heavy atom. The van der Waals surface area contributed by atoms with Gasteiger partial charge in [-0.25, -0.2) is 0 Å². The molecule has 0 fully saturated rings. The third kappa shape index (κ3) is 2.19. The van der Waals surface area contributed by atoms with Gasteiger partial charge in [0.1, 0.15) is 0 Å². The minimum atomic E-state index is -4.24. The summed E-state index contributed by atoms with van der Waals surface area (Å²) in [6.45, 7) is 0. The van der Waals surface area contributed by atoms with Crippen molar-refractivity contribution in [2.45, 2.75) is 18.6 Å². The summed E-state index contributed by atoms with van der Waals surface area (Å²) in [7, 11) is 0. The zero-order valence-electron chi connectivity index (χ0n) is 8.38. The molecule has 0 aliphatic heterocycles. The molecule has 86 valence electrons. The number of hydrogen-bond donors (Lipinski definition) is 2. The topological polar surface area (TPSA) is 41.8 Å². The van der Waals surface area contributed by atoms with Crippen LogP contribution in [0.3, 0.4) is 0 Å². The molecule has 2 aromatic rings. The Balaban J connectivity index is 2.36. The molecule has 1 aromatic heterocycles. The molecule has 1 aromatic carbocycles. The number of H-pyrrole nitrogens is 1. The summed E-state index contributed by atoms with van der Waals surface area (Å²) >= 11 is 0. The SMILES string of the molecule is N[C@@H](CC(F)(F)F)c1cccc2[nH]ccc12. The predicted molar refractivity (Wildman–Crippen MR) is 55.9 cm³/mol. The van der Waals surface area contributed by atoms with Gasteiger partial charge >= 0.3 is 6.18 Å². The second-order valence-electron chi connectivity index (χ2n) is 3.71. The molecule has 0 aliphatic carbocycles. The fourth-order valence-electron chi connectivity index (χ4n) is 1.79. The molecule has 16 heavy (non-hydrogen) atoms. The second kappa shape index (κ2) is 3.83. The van der Waals surface area contributed by atoms with Crippen LogP contribution in [0.15, 0.2) is 30.5 Å². The summed E-state index contributed by atoms with van der Waals surface area (Å²) in [5.41, 5.74) is 6.90. The summed E-state index contributed by atoms with van der Waals surface area (Å²) in [5.74, 6) is 0. The first-order valence-electron chi connectivity index (χ1n) is 4.86. The average molecular weight is 228 g/mol. The third-order valence-corrected chi connectivity index (χ3v) is 2.48. The van der Waals surface area contributed by atoms with E-state index in [-0.39, 0.29) is 0 Å². The maximum absolute atomic E-state index is 12.2. The molecule has 3 N–H and O–H groups in total. The molecule has 0 saturated heterocycles. The molecule has 5 heteroatoms. The van der Waals surface area contributed by atoms with Gasteiger partial charge in [0.2, 0.25) is 0 Å². The van der Waals surface area contributed by atoms with E-state index in [2.05, 4.69) is 4.98 Å². The lowest BCUT2D eigenvalue weighted by atomic mass is 10.0.